The monoisotopic (exact) mass is 169 g/mol. The maximum Gasteiger partial charge on any atom is 0.306 e. The molecule has 0 N–H and O–H groups in total. The number of nitrogens with zero attached hydrogens (tertiary/aromatic N) is 3. The summed E-state index contributed by atoms with van der Waals surface area (Å²) in [4.78, 5) is 13.5. The summed E-state index contributed by atoms with van der Waals surface area (Å²) < 4.78 is 4.97. The first-order chi connectivity index (χ1) is 5.56. The first kappa shape index (κ1) is 8.87. The standard InChI is InChI=1S/C7H11N3O2/c1-7(2)3-6(11)12-5(7)4-9-10-8/h5H,3-4H2,1-2H3. The summed E-state index contributed by atoms with van der Waals surface area (Å²) in [5.41, 5.74) is 7.88. The molecule has 1 atom stereocenters. The summed E-state index contributed by atoms with van der Waals surface area (Å²) in [7, 11) is 0. The Morgan fingerprint density at radius 1 is 1.83 bits per heavy atom. The Morgan fingerprint density at radius 2 is 2.50 bits per heavy atom. The van der Waals surface area contributed by atoms with E-state index >= 15 is 0 Å². The molecule has 1 rings (SSSR count). The average molecular weight is 169 g/mol. The number of azide groups is 1. The molecular formula is C7H11N3O2. The van der Waals surface area contributed by atoms with Crippen LogP contribution in [0.1, 0.15) is 20.3 Å². The molecule has 1 aliphatic heterocycles. The molecule has 1 unspecified atom stereocenters. The molecule has 0 aromatic heterocycles. The Morgan fingerprint density at radius 3 is 2.92 bits per heavy atom. The van der Waals surface area contributed by atoms with Crippen LogP contribution in [0.2, 0.25) is 0 Å². The maximum absolute atomic E-state index is 10.9. The molecule has 1 saturated heterocycles. The second-order valence-electron chi connectivity index (χ2n) is 3.56. The number of carbonyl (C=O) groups is 1. The number of ether oxygens (including phenoxy) is 1. The van der Waals surface area contributed by atoms with E-state index in [1.165, 1.54) is 0 Å². The Labute approximate surface area is 70.3 Å². The lowest BCUT2D eigenvalue weighted by Gasteiger charge is -2.21. The van der Waals surface area contributed by atoms with Crippen molar-refractivity contribution in [3.05, 3.63) is 10.4 Å². The van der Waals surface area contributed by atoms with E-state index in [1.54, 1.807) is 0 Å². The highest BCUT2D eigenvalue weighted by Gasteiger charge is 2.40. The lowest BCUT2D eigenvalue weighted by atomic mass is 9.85. The number of rotatable bonds is 2. The van der Waals surface area contributed by atoms with Gasteiger partial charge in [0.15, 0.2) is 0 Å². The van der Waals surface area contributed by atoms with Crippen LogP contribution in [0, 0.1) is 5.41 Å². The molecule has 0 amide bonds. The normalized spacial score (nSPS) is 26.2. The van der Waals surface area contributed by atoms with Crippen molar-refractivity contribution < 1.29 is 9.53 Å². The third kappa shape index (κ3) is 1.68. The second-order valence-corrected chi connectivity index (χ2v) is 3.56. The van der Waals surface area contributed by atoms with Crippen LogP contribution in [0.15, 0.2) is 5.11 Å². The van der Waals surface area contributed by atoms with E-state index in [2.05, 4.69) is 10.0 Å². The quantitative estimate of drug-likeness (QED) is 0.272. The van der Waals surface area contributed by atoms with Crippen LogP contribution in [0.25, 0.3) is 10.4 Å². The molecule has 12 heavy (non-hydrogen) atoms. The van der Waals surface area contributed by atoms with Crippen LogP contribution in [-0.2, 0) is 9.53 Å². The minimum absolute atomic E-state index is 0.203. The van der Waals surface area contributed by atoms with Crippen molar-refractivity contribution in [2.24, 2.45) is 10.5 Å². The summed E-state index contributed by atoms with van der Waals surface area (Å²) >= 11 is 0. The number of esters is 1. The summed E-state index contributed by atoms with van der Waals surface area (Å²) in [6.45, 7) is 4.08. The van der Waals surface area contributed by atoms with Gasteiger partial charge < -0.3 is 4.74 Å². The fourth-order valence-corrected chi connectivity index (χ4v) is 1.24. The average Bonchev–Trinajstić information content (AvgIpc) is 2.20. The predicted octanol–water partition coefficient (Wildman–Crippen LogP) is 1.64. The molecule has 0 spiro atoms. The van der Waals surface area contributed by atoms with Crippen LogP contribution in [0.3, 0.4) is 0 Å². The van der Waals surface area contributed by atoms with Crippen molar-refractivity contribution >= 4 is 5.97 Å². The summed E-state index contributed by atoms with van der Waals surface area (Å²) in [5.74, 6) is -0.210. The molecule has 1 fully saturated rings. The fraction of sp³-hybridized carbons (Fsp3) is 0.857. The Hall–Kier alpha value is -1.22. The highest BCUT2D eigenvalue weighted by Crippen LogP contribution is 2.34. The molecule has 0 bridgehead atoms. The molecule has 5 heteroatoms. The maximum atomic E-state index is 10.9. The minimum Gasteiger partial charge on any atom is -0.462 e. The fourth-order valence-electron chi connectivity index (χ4n) is 1.24. The number of carbonyl (C=O) groups excluding carboxylic acids is 1. The zero-order valence-electron chi connectivity index (χ0n) is 7.15. The van der Waals surface area contributed by atoms with E-state index in [-0.39, 0.29) is 24.0 Å². The lowest BCUT2D eigenvalue weighted by Crippen LogP contribution is -2.26. The van der Waals surface area contributed by atoms with E-state index < -0.39 is 0 Å². The third-order valence-corrected chi connectivity index (χ3v) is 2.06. The third-order valence-electron chi connectivity index (χ3n) is 2.06. The van der Waals surface area contributed by atoms with E-state index in [0.29, 0.717) is 6.42 Å². The van der Waals surface area contributed by atoms with Crippen molar-refractivity contribution in [3.63, 3.8) is 0 Å². The Kier molecular flexibility index (Phi) is 2.24. The van der Waals surface area contributed by atoms with Gasteiger partial charge in [0.1, 0.15) is 6.10 Å². The van der Waals surface area contributed by atoms with Crippen LogP contribution in [0.5, 0.6) is 0 Å². The van der Waals surface area contributed by atoms with Crippen molar-refractivity contribution in [1.82, 2.24) is 0 Å². The van der Waals surface area contributed by atoms with Gasteiger partial charge in [0.25, 0.3) is 0 Å². The molecule has 0 aromatic rings. The molecule has 0 saturated carbocycles. The van der Waals surface area contributed by atoms with E-state index in [1.807, 2.05) is 13.8 Å². The summed E-state index contributed by atoms with van der Waals surface area (Å²) in [6.07, 6.45) is 0.138. The van der Waals surface area contributed by atoms with Crippen molar-refractivity contribution in [1.29, 1.82) is 0 Å². The largest absolute Gasteiger partial charge is 0.462 e. The second kappa shape index (κ2) is 3.03. The van der Waals surface area contributed by atoms with Gasteiger partial charge in [-0.15, -0.1) is 0 Å². The van der Waals surface area contributed by atoms with Gasteiger partial charge in [-0.05, 0) is 5.53 Å². The van der Waals surface area contributed by atoms with E-state index in [4.69, 9.17) is 10.3 Å². The van der Waals surface area contributed by atoms with Gasteiger partial charge in [-0.2, -0.15) is 0 Å². The topological polar surface area (TPSA) is 75.1 Å². The van der Waals surface area contributed by atoms with Gasteiger partial charge in [0.05, 0.1) is 13.0 Å². The van der Waals surface area contributed by atoms with Crippen LogP contribution in [-0.4, -0.2) is 18.6 Å². The van der Waals surface area contributed by atoms with Crippen LogP contribution >= 0.6 is 0 Å². The SMILES string of the molecule is CC1(C)CC(=O)OC1CN=[N+]=[N-]. The molecule has 0 aliphatic carbocycles. The van der Waals surface area contributed by atoms with Gasteiger partial charge in [-0.25, -0.2) is 0 Å². The summed E-state index contributed by atoms with van der Waals surface area (Å²) in [5, 5.41) is 3.39. The predicted molar refractivity (Wildman–Crippen MR) is 42.3 cm³/mol. The number of hydrogen-bond acceptors (Lipinski definition) is 3. The van der Waals surface area contributed by atoms with Crippen molar-refractivity contribution in [2.45, 2.75) is 26.4 Å². The number of hydrogen-bond donors (Lipinski definition) is 0. The van der Waals surface area contributed by atoms with Gasteiger partial charge in [0, 0.05) is 10.3 Å². The van der Waals surface area contributed by atoms with Crippen molar-refractivity contribution in [3.8, 4) is 0 Å². The Balaban J connectivity index is 2.64. The van der Waals surface area contributed by atoms with Gasteiger partial charge in [0.2, 0.25) is 0 Å². The zero-order chi connectivity index (χ0) is 9.19. The van der Waals surface area contributed by atoms with Crippen molar-refractivity contribution in [2.75, 3.05) is 6.54 Å². The molecule has 0 radical (unpaired) electrons. The van der Waals surface area contributed by atoms with Gasteiger partial charge in [-0.3, -0.25) is 4.79 Å². The van der Waals surface area contributed by atoms with Crippen LogP contribution in [0.4, 0.5) is 0 Å². The van der Waals surface area contributed by atoms with E-state index in [9.17, 15) is 4.79 Å². The molecule has 0 aromatic carbocycles. The molecule has 5 nitrogen and oxygen atoms in total. The highest BCUT2D eigenvalue weighted by molar-refractivity contribution is 5.72. The lowest BCUT2D eigenvalue weighted by molar-refractivity contribution is -0.141. The minimum atomic E-state index is -0.263. The molecule has 1 heterocycles. The van der Waals surface area contributed by atoms with Crippen LogP contribution < -0.4 is 0 Å². The summed E-state index contributed by atoms with van der Waals surface area (Å²) in [6, 6.07) is 0. The number of cyclic esters (lactones) is 1. The van der Waals surface area contributed by atoms with Gasteiger partial charge in [-0.1, -0.05) is 19.0 Å². The van der Waals surface area contributed by atoms with Gasteiger partial charge >= 0.3 is 5.97 Å². The first-order valence-corrected chi connectivity index (χ1v) is 3.76. The Bertz CT molecular complexity index is 243. The molecule has 1 aliphatic rings. The van der Waals surface area contributed by atoms with E-state index in [0.717, 1.165) is 0 Å². The molecular weight excluding hydrogens is 158 g/mol. The molecule has 66 valence electrons. The highest BCUT2D eigenvalue weighted by atomic mass is 16.6. The first-order valence-electron chi connectivity index (χ1n) is 3.76. The smallest absolute Gasteiger partial charge is 0.306 e. The zero-order valence-corrected chi connectivity index (χ0v) is 7.15.